The quantitative estimate of drug-likeness (QED) is 0.789. The van der Waals surface area contributed by atoms with E-state index in [2.05, 4.69) is 5.32 Å². The van der Waals surface area contributed by atoms with E-state index >= 15 is 0 Å². The Bertz CT molecular complexity index is 673. The summed E-state index contributed by atoms with van der Waals surface area (Å²) in [6, 6.07) is 8.65. The third kappa shape index (κ3) is 3.42. The van der Waals surface area contributed by atoms with Crippen LogP contribution in [-0.2, 0) is 6.54 Å². The van der Waals surface area contributed by atoms with E-state index in [-0.39, 0.29) is 11.3 Å². The van der Waals surface area contributed by atoms with E-state index in [1.165, 1.54) is 25.3 Å². The average molecular weight is 291 g/mol. The summed E-state index contributed by atoms with van der Waals surface area (Å²) in [5, 5.41) is 21.3. The number of nitrogens with one attached hydrogen (secondary N) is 1. The third-order valence-corrected chi connectivity index (χ3v) is 2.94. The standard InChI is InChI=1S/C15H14FNO4/c1-21-14-6-9(2-5-13(14)18)8-17-10-3-4-12(16)11(7-10)15(19)20/h2-7,17-18H,8H2,1H3,(H,19,20). The Kier molecular flexibility index (Phi) is 4.27. The Balaban J connectivity index is 2.13. The van der Waals surface area contributed by atoms with Gasteiger partial charge in [0.15, 0.2) is 11.5 Å². The number of aromatic hydroxyl groups is 1. The van der Waals surface area contributed by atoms with Crippen LogP contribution >= 0.6 is 0 Å². The van der Waals surface area contributed by atoms with Crippen LogP contribution < -0.4 is 10.1 Å². The lowest BCUT2D eigenvalue weighted by Crippen LogP contribution is -2.04. The molecule has 0 unspecified atom stereocenters. The molecule has 0 amide bonds. The van der Waals surface area contributed by atoms with E-state index in [4.69, 9.17) is 9.84 Å². The molecule has 0 aliphatic rings. The van der Waals surface area contributed by atoms with Crippen molar-refractivity contribution in [3.63, 3.8) is 0 Å². The smallest absolute Gasteiger partial charge is 0.338 e. The van der Waals surface area contributed by atoms with Crippen LogP contribution in [0.5, 0.6) is 11.5 Å². The van der Waals surface area contributed by atoms with Crippen LogP contribution in [-0.4, -0.2) is 23.3 Å². The summed E-state index contributed by atoms with van der Waals surface area (Å²) in [6.45, 7) is 0.376. The number of carbonyl (C=O) groups is 1. The molecule has 0 fully saturated rings. The molecule has 110 valence electrons. The molecule has 2 aromatic rings. The zero-order valence-electron chi connectivity index (χ0n) is 11.3. The molecule has 0 aliphatic carbocycles. The summed E-state index contributed by atoms with van der Waals surface area (Å²) in [5.41, 5.74) is 0.926. The summed E-state index contributed by atoms with van der Waals surface area (Å²) >= 11 is 0. The number of aromatic carboxylic acids is 1. The number of methoxy groups -OCH3 is 1. The van der Waals surface area contributed by atoms with Gasteiger partial charge in [0.1, 0.15) is 5.82 Å². The summed E-state index contributed by atoms with van der Waals surface area (Å²) in [7, 11) is 1.45. The highest BCUT2D eigenvalue weighted by Crippen LogP contribution is 2.26. The Morgan fingerprint density at radius 1 is 1.29 bits per heavy atom. The van der Waals surface area contributed by atoms with E-state index < -0.39 is 11.8 Å². The first kappa shape index (κ1) is 14.6. The van der Waals surface area contributed by atoms with Gasteiger partial charge in [0.25, 0.3) is 0 Å². The van der Waals surface area contributed by atoms with Crippen molar-refractivity contribution in [3.05, 3.63) is 53.3 Å². The summed E-state index contributed by atoms with van der Waals surface area (Å²) in [6.07, 6.45) is 0. The van der Waals surface area contributed by atoms with Gasteiger partial charge in [-0.2, -0.15) is 0 Å². The van der Waals surface area contributed by atoms with E-state index in [0.29, 0.717) is 18.0 Å². The molecule has 5 nitrogen and oxygen atoms in total. The second-order valence-electron chi connectivity index (χ2n) is 4.36. The number of rotatable bonds is 5. The number of phenols is 1. The summed E-state index contributed by atoms with van der Waals surface area (Å²) < 4.78 is 18.3. The molecule has 0 spiro atoms. The fraction of sp³-hybridized carbons (Fsp3) is 0.133. The highest BCUT2D eigenvalue weighted by Gasteiger charge is 2.10. The van der Waals surface area contributed by atoms with Gasteiger partial charge < -0.3 is 20.3 Å². The predicted molar refractivity (Wildman–Crippen MR) is 75.3 cm³/mol. The zero-order chi connectivity index (χ0) is 15.4. The molecule has 21 heavy (non-hydrogen) atoms. The first-order chi connectivity index (χ1) is 10.0. The van der Waals surface area contributed by atoms with Gasteiger partial charge in [-0.3, -0.25) is 0 Å². The lowest BCUT2D eigenvalue weighted by atomic mass is 10.1. The Morgan fingerprint density at radius 2 is 2.05 bits per heavy atom. The average Bonchev–Trinajstić information content (AvgIpc) is 2.47. The van der Waals surface area contributed by atoms with Crippen molar-refractivity contribution in [2.75, 3.05) is 12.4 Å². The number of phenolic OH excluding ortho intramolecular Hbond substituents is 1. The SMILES string of the molecule is COc1cc(CNc2ccc(F)c(C(=O)O)c2)ccc1O. The number of carboxylic acid groups (broad SMARTS) is 1. The first-order valence-electron chi connectivity index (χ1n) is 6.14. The fourth-order valence-corrected chi connectivity index (χ4v) is 1.84. The summed E-state index contributed by atoms with van der Waals surface area (Å²) in [5.74, 6) is -1.71. The van der Waals surface area contributed by atoms with E-state index in [1.54, 1.807) is 12.1 Å². The van der Waals surface area contributed by atoms with Crippen molar-refractivity contribution in [3.8, 4) is 11.5 Å². The number of carboxylic acids is 1. The zero-order valence-corrected chi connectivity index (χ0v) is 11.3. The maximum atomic E-state index is 13.3. The molecule has 0 atom stereocenters. The molecule has 3 N–H and O–H groups in total. The molecule has 0 aromatic heterocycles. The number of halogens is 1. The largest absolute Gasteiger partial charge is 0.504 e. The third-order valence-electron chi connectivity index (χ3n) is 2.94. The molecule has 6 heteroatoms. The van der Waals surface area contributed by atoms with Crippen molar-refractivity contribution in [2.45, 2.75) is 6.54 Å². The molecule has 0 heterocycles. The van der Waals surface area contributed by atoms with Crippen LogP contribution in [0.25, 0.3) is 0 Å². The molecular formula is C15H14FNO4. The van der Waals surface area contributed by atoms with Gasteiger partial charge in [-0.05, 0) is 35.9 Å². The van der Waals surface area contributed by atoms with Crippen LogP contribution in [0.2, 0.25) is 0 Å². The van der Waals surface area contributed by atoms with Gasteiger partial charge >= 0.3 is 5.97 Å². The Hall–Kier alpha value is -2.76. The lowest BCUT2D eigenvalue weighted by Gasteiger charge is -2.10. The molecule has 2 rings (SSSR count). The van der Waals surface area contributed by atoms with Crippen molar-refractivity contribution in [2.24, 2.45) is 0 Å². The van der Waals surface area contributed by atoms with Gasteiger partial charge in [0, 0.05) is 12.2 Å². The second-order valence-corrected chi connectivity index (χ2v) is 4.36. The normalized spacial score (nSPS) is 10.2. The van der Waals surface area contributed by atoms with Crippen LogP contribution in [0.4, 0.5) is 10.1 Å². The number of benzene rings is 2. The topological polar surface area (TPSA) is 78.8 Å². The van der Waals surface area contributed by atoms with Crippen LogP contribution in [0.3, 0.4) is 0 Å². The number of anilines is 1. The summed E-state index contributed by atoms with van der Waals surface area (Å²) in [4.78, 5) is 10.9. The molecular weight excluding hydrogens is 277 g/mol. The van der Waals surface area contributed by atoms with Gasteiger partial charge in [-0.1, -0.05) is 6.07 Å². The highest BCUT2D eigenvalue weighted by molar-refractivity contribution is 5.89. The fourth-order valence-electron chi connectivity index (χ4n) is 1.84. The minimum absolute atomic E-state index is 0.0381. The van der Waals surface area contributed by atoms with Crippen LogP contribution in [0.15, 0.2) is 36.4 Å². The van der Waals surface area contributed by atoms with Crippen LogP contribution in [0, 0.1) is 5.82 Å². The van der Waals surface area contributed by atoms with Gasteiger partial charge in [0.05, 0.1) is 12.7 Å². The highest BCUT2D eigenvalue weighted by atomic mass is 19.1. The van der Waals surface area contributed by atoms with Crippen molar-refractivity contribution >= 4 is 11.7 Å². The molecule has 0 saturated carbocycles. The second kappa shape index (κ2) is 6.13. The number of ether oxygens (including phenoxy) is 1. The van der Waals surface area contributed by atoms with E-state index in [9.17, 15) is 14.3 Å². The van der Waals surface area contributed by atoms with E-state index in [0.717, 1.165) is 11.6 Å². The molecule has 0 aliphatic heterocycles. The minimum atomic E-state index is -1.32. The molecule has 0 saturated heterocycles. The van der Waals surface area contributed by atoms with Gasteiger partial charge in [-0.25, -0.2) is 9.18 Å². The lowest BCUT2D eigenvalue weighted by molar-refractivity contribution is 0.0692. The molecule has 0 bridgehead atoms. The maximum Gasteiger partial charge on any atom is 0.338 e. The van der Waals surface area contributed by atoms with Crippen molar-refractivity contribution in [1.82, 2.24) is 0 Å². The van der Waals surface area contributed by atoms with Crippen LogP contribution in [0.1, 0.15) is 15.9 Å². The first-order valence-corrected chi connectivity index (χ1v) is 6.14. The van der Waals surface area contributed by atoms with Crippen molar-refractivity contribution in [1.29, 1.82) is 0 Å². The van der Waals surface area contributed by atoms with Gasteiger partial charge in [0.2, 0.25) is 0 Å². The number of hydrogen-bond acceptors (Lipinski definition) is 4. The number of hydrogen-bond donors (Lipinski definition) is 3. The maximum absolute atomic E-state index is 13.3. The minimum Gasteiger partial charge on any atom is -0.504 e. The monoisotopic (exact) mass is 291 g/mol. The molecule has 2 aromatic carbocycles. The molecule has 0 radical (unpaired) electrons. The van der Waals surface area contributed by atoms with E-state index in [1.807, 2.05) is 0 Å². The van der Waals surface area contributed by atoms with Crippen molar-refractivity contribution < 1.29 is 24.1 Å². The van der Waals surface area contributed by atoms with Gasteiger partial charge in [-0.15, -0.1) is 0 Å². The Labute approximate surface area is 120 Å². The predicted octanol–water partition coefficient (Wildman–Crippen LogP) is 2.85. The Morgan fingerprint density at radius 3 is 2.71 bits per heavy atom.